The highest BCUT2D eigenvalue weighted by molar-refractivity contribution is 6.11. The third kappa shape index (κ3) is 4.33. The topological polar surface area (TPSA) is 64.7 Å². The first-order valence-corrected chi connectivity index (χ1v) is 14.9. The molecule has 0 bridgehead atoms. The highest BCUT2D eigenvalue weighted by Gasteiger charge is 2.19. The second-order valence-electron chi connectivity index (χ2n) is 11.1. The smallest absolute Gasteiger partial charge is 0.164 e. The van der Waals surface area contributed by atoms with E-state index in [1.54, 1.807) is 6.20 Å². The molecule has 210 valence electrons. The van der Waals surface area contributed by atoms with Crippen LogP contribution in [0.4, 0.5) is 0 Å². The second kappa shape index (κ2) is 10.2. The van der Waals surface area contributed by atoms with Gasteiger partial charge in [0.1, 0.15) is 11.2 Å². The minimum Gasteiger partial charge on any atom is -0.456 e. The molecular weight excluding hydrogens is 552 g/mol. The average molecular weight is 577 g/mol. The minimum atomic E-state index is 0.578. The van der Waals surface area contributed by atoms with E-state index in [0.29, 0.717) is 17.5 Å². The van der Waals surface area contributed by atoms with Gasteiger partial charge in [0.2, 0.25) is 0 Å². The minimum absolute atomic E-state index is 0.578. The van der Waals surface area contributed by atoms with E-state index in [9.17, 15) is 0 Å². The molecule has 9 aromatic rings. The SMILES string of the molecule is c1ccc(-c2cc(-c3nc(-c4ccc5ccccc5c4)nc(-c4cccc5oc6ccncc6c45)n3)cc3ccccc23)cc1. The standard InChI is InChI=1S/C40H24N4O/c1-2-10-26(11-3-1)33-23-30(22-28-13-6-7-14-31(28)33)39-42-38(29-18-17-25-9-4-5-12-27(25)21-29)43-40(44-39)32-15-8-16-36-37(32)34-24-41-20-19-35(34)45-36/h1-24H. The van der Waals surface area contributed by atoms with Crippen molar-refractivity contribution < 1.29 is 4.42 Å². The van der Waals surface area contributed by atoms with Crippen molar-refractivity contribution >= 4 is 43.5 Å². The quantitative estimate of drug-likeness (QED) is 0.209. The first kappa shape index (κ1) is 25.3. The molecular formula is C40H24N4O. The van der Waals surface area contributed by atoms with Crippen LogP contribution in [0.15, 0.2) is 150 Å². The molecule has 0 saturated carbocycles. The first-order chi connectivity index (χ1) is 22.3. The van der Waals surface area contributed by atoms with E-state index in [0.717, 1.165) is 60.5 Å². The van der Waals surface area contributed by atoms with Crippen molar-refractivity contribution in [2.75, 3.05) is 0 Å². The molecule has 0 aliphatic rings. The number of aromatic nitrogens is 4. The first-order valence-electron chi connectivity index (χ1n) is 14.9. The molecule has 9 rings (SSSR count). The number of nitrogens with zero attached hydrogens (tertiary/aromatic N) is 4. The molecule has 0 amide bonds. The number of hydrogen-bond donors (Lipinski definition) is 0. The van der Waals surface area contributed by atoms with Gasteiger partial charge >= 0.3 is 0 Å². The molecule has 0 aliphatic carbocycles. The zero-order valence-electron chi connectivity index (χ0n) is 24.1. The molecule has 45 heavy (non-hydrogen) atoms. The second-order valence-corrected chi connectivity index (χ2v) is 11.1. The number of fused-ring (bicyclic) bond motifs is 5. The monoisotopic (exact) mass is 576 g/mol. The summed E-state index contributed by atoms with van der Waals surface area (Å²) in [7, 11) is 0. The van der Waals surface area contributed by atoms with Gasteiger partial charge in [-0.25, -0.2) is 15.0 Å². The third-order valence-corrected chi connectivity index (χ3v) is 8.39. The Labute approximate surface area is 258 Å². The van der Waals surface area contributed by atoms with Crippen LogP contribution in [0.5, 0.6) is 0 Å². The van der Waals surface area contributed by atoms with E-state index in [1.165, 1.54) is 10.8 Å². The van der Waals surface area contributed by atoms with Crippen LogP contribution in [0.25, 0.3) is 88.8 Å². The normalized spacial score (nSPS) is 11.6. The molecule has 0 spiro atoms. The van der Waals surface area contributed by atoms with Crippen LogP contribution in [-0.2, 0) is 0 Å². The Bertz CT molecular complexity index is 2550. The lowest BCUT2D eigenvalue weighted by molar-refractivity contribution is 0.668. The van der Waals surface area contributed by atoms with Gasteiger partial charge in [0.25, 0.3) is 0 Å². The number of furan rings is 1. The van der Waals surface area contributed by atoms with Crippen molar-refractivity contribution in [3.8, 4) is 45.3 Å². The van der Waals surface area contributed by atoms with E-state index in [1.807, 2.05) is 36.5 Å². The number of rotatable bonds is 4. The van der Waals surface area contributed by atoms with Crippen molar-refractivity contribution in [3.63, 3.8) is 0 Å². The number of benzene rings is 6. The summed E-state index contributed by atoms with van der Waals surface area (Å²) in [5.74, 6) is 1.79. The highest BCUT2D eigenvalue weighted by Crippen LogP contribution is 2.38. The lowest BCUT2D eigenvalue weighted by Gasteiger charge is -2.13. The fraction of sp³-hybridized carbons (Fsp3) is 0. The summed E-state index contributed by atoms with van der Waals surface area (Å²) in [5.41, 5.74) is 6.53. The molecule has 0 saturated heterocycles. The predicted molar refractivity (Wildman–Crippen MR) is 182 cm³/mol. The van der Waals surface area contributed by atoms with Gasteiger partial charge in [-0.3, -0.25) is 4.98 Å². The Balaban J connectivity index is 1.33. The van der Waals surface area contributed by atoms with Crippen molar-refractivity contribution in [2.45, 2.75) is 0 Å². The van der Waals surface area contributed by atoms with Crippen LogP contribution in [0, 0.1) is 0 Å². The van der Waals surface area contributed by atoms with Gasteiger partial charge in [-0.1, -0.05) is 103 Å². The van der Waals surface area contributed by atoms with Gasteiger partial charge in [-0.15, -0.1) is 0 Å². The predicted octanol–water partition coefficient (Wildman–Crippen LogP) is 10.1. The molecule has 0 unspecified atom stereocenters. The molecule has 0 atom stereocenters. The molecule has 0 aliphatic heterocycles. The van der Waals surface area contributed by atoms with Crippen LogP contribution < -0.4 is 0 Å². The summed E-state index contributed by atoms with van der Waals surface area (Å²) in [5, 5.41) is 6.46. The Morgan fingerprint density at radius 3 is 2.04 bits per heavy atom. The third-order valence-electron chi connectivity index (χ3n) is 8.39. The molecule has 6 aromatic carbocycles. The maximum atomic E-state index is 6.19. The van der Waals surface area contributed by atoms with Crippen LogP contribution in [0.2, 0.25) is 0 Å². The highest BCUT2D eigenvalue weighted by atomic mass is 16.3. The van der Waals surface area contributed by atoms with Gasteiger partial charge in [0, 0.05) is 39.9 Å². The maximum Gasteiger partial charge on any atom is 0.164 e. The Hall–Kier alpha value is -6.20. The molecule has 3 heterocycles. The van der Waals surface area contributed by atoms with Crippen LogP contribution >= 0.6 is 0 Å². The van der Waals surface area contributed by atoms with Crippen LogP contribution in [0.1, 0.15) is 0 Å². The molecule has 5 heteroatoms. The van der Waals surface area contributed by atoms with Gasteiger partial charge in [0.15, 0.2) is 17.5 Å². The average Bonchev–Trinajstić information content (AvgIpc) is 3.50. The summed E-state index contributed by atoms with van der Waals surface area (Å²) < 4.78 is 6.19. The molecule has 5 nitrogen and oxygen atoms in total. The fourth-order valence-electron chi connectivity index (χ4n) is 6.24. The van der Waals surface area contributed by atoms with Crippen LogP contribution in [-0.4, -0.2) is 19.9 Å². The Morgan fingerprint density at radius 1 is 0.422 bits per heavy atom. The van der Waals surface area contributed by atoms with E-state index >= 15 is 0 Å². The van der Waals surface area contributed by atoms with Crippen molar-refractivity contribution in [1.82, 2.24) is 19.9 Å². The lowest BCUT2D eigenvalue weighted by Crippen LogP contribution is -2.01. The van der Waals surface area contributed by atoms with Crippen LogP contribution in [0.3, 0.4) is 0 Å². The van der Waals surface area contributed by atoms with E-state index in [2.05, 4.69) is 108 Å². The van der Waals surface area contributed by atoms with Gasteiger partial charge < -0.3 is 4.42 Å². The number of hydrogen-bond acceptors (Lipinski definition) is 5. The van der Waals surface area contributed by atoms with Crippen molar-refractivity contribution in [1.29, 1.82) is 0 Å². The van der Waals surface area contributed by atoms with E-state index in [-0.39, 0.29) is 0 Å². The zero-order chi connectivity index (χ0) is 29.7. The Morgan fingerprint density at radius 2 is 1.16 bits per heavy atom. The largest absolute Gasteiger partial charge is 0.456 e. The zero-order valence-corrected chi connectivity index (χ0v) is 24.1. The molecule has 0 radical (unpaired) electrons. The van der Waals surface area contributed by atoms with Gasteiger partial charge in [-0.05, 0) is 63.0 Å². The van der Waals surface area contributed by atoms with E-state index in [4.69, 9.17) is 19.4 Å². The number of pyridine rings is 1. The van der Waals surface area contributed by atoms with Gasteiger partial charge in [-0.2, -0.15) is 0 Å². The Kier molecular flexibility index (Phi) is 5.74. The summed E-state index contributed by atoms with van der Waals surface area (Å²) >= 11 is 0. The summed E-state index contributed by atoms with van der Waals surface area (Å²) in [6.07, 6.45) is 3.58. The summed E-state index contributed by atoms with van der Waals surface area (Å²) in [4.78, 5) is 19.8. The maximum absolute atomic E-state index is 6.19. The molecule has 3 aromatic heterocycles. The lowest BCUT2D eigenvalue weighted by atomic mass is 9.95. The fourth-order valence-corrected chi connectivity index (χ4v) is 6.24. The molecule has 0 fully saturated rings. The van der Waals surface area contributed by atoms with Crippen molar-refractivity contribution in [3.05, 3.63) is 146 Å². The summed E-state index contributed by atoms with van der Waals surface area (Å²) in [6.45, 7) is 0. The van der Waals surface area contributed by atoms with Crippen molar-refractivity contribution in [2.24, 2.45) is 0 Å². The summed E-state index contributed by atoms with van der Waals surface area (Å²) in [6, 6.07) is 45.8. The molecule has 0 N–H and O–H groups in total. The van der Waals surface area contributed by atoms with E-state index < -0.39 is 0 Å². The van der Waals surface area contributed by atoms with Gasteiger partial charge in [0.05, 0.1) is 0 Å².